The number of hydrogen-bond donors (Lipinski definition) is 0. The zero-order chi connectivity index (χ0) is 18.3. The second-order valence-corrected chi connectivity index (χ2v) is 6.73. The highest BCUT2D eigenvalue weighted by molar-refractivity contribution is 5.84. The van der Waals surface area contributed by atoms with Crippen LogP contribution in [0.25, 0.3) is 11.2 Å². The summed E-state index contributed by atoms with van der Waals surface area (Å²) in [7, 11) is 1.67. The molecule has 1 aliphatic heterocycles. The highest BCUT2D eigenvalue weighted by Crippen LogP contribution is 2.15. The molecule has 0 fully saturated rings. The van der Waals surface area contributed by atoms with E-state index in [1.54, 1.807) is 7.05 Å². The van der Waals surface area contributed by atoms with E-state index in [4.69, 9.17) is 0 Å². The quantitative estimate of drug-likeness (QED) is 0.715. The molecular formula is C19H21N5O2. The van der Waals surface area contributed by atoms with Gasteiger partial charge >= 0.3 is 5.69 Å². The molecule has 3 heterocycles. The third kappa shape index (κ3) is 2.69. The van der Waals surface area contributed by atoms with Gasteiger partial charge in [-0.15, -0.1) is 0 Å². The lowest BCUT2D eigenvalue weighted by Gasteiger charge is -2.13. The largest absolute Gasteiger partial charge is 0.332 e. The van der Waals surface area contributed by atoms with Gasteiger partial charge in [0.2, 0.25) is 0 Å². The molecule has 0 amide bonds. The van der Waals surface area contributed by atoms with E-state index >= 15 is 0 Å². The van der Waals surface area contributed by atoms with Gasteiger partial charge in [-0.2, -0.15) is 0 Å². The Bertz CT molecular complexity index is 1120. The van der Waals surface area contributed by atoms with Crippen LogP contribution >= 0.6 is 0 Å². The summed E-state index contributed by atoms with van der Waals surface area (Å²) in [5.74, 6) is 0.736. The van der Waals surface area contributed by atoms with E-state index in [1.807, 2.05) is 29.7 Å². The molecule has 4 rings (SSSR count). The van der Waals surface area contributed by atoms with E-state index < -0.39 is 0 Å². The van der Waals surface area contributed by atoms with Crippen molar-refractivity contribution in [2.75, 3.05) is 0 Å². The maximum atomic E-state index is 13.0. The molecular weight excluding hydrogens is 330 g/mol. The average Bonchev–Trinajstić information content (AvgIpc) is 3.02. The smallest absolute Gasteiger partial charge is 0.315 e. The summed E-state index contributed by atoms with van der Waals surface area (Å²) < 4.78 is 4.70. The first kappa shape index (κ1) is 16.5. The predicted octanol–water partition coefficient (Wildman–Crippen LogP) is 1.50. The van der Waals surface area contributed by atoms with Gasteiger partial charge in [0.1, 0.15) is 5.82 Å². The Kier molecular flexibility index (Phi) is 4.06. The first-order valence-electron chi connectivity index (χ1n) is 8.79. The van der Waals surface area contributed by atoms with E-state index in [0.29, 0.717) is 30.8 Å². The van der Waals surface area contributed by atoms with Gasteiger partial charge in [0.15, 0.2) is 11.2 Å². The van der Waals surface area contributed by atoms with E-state index in [2.05, 4.69) is 22.1 Å². The van der Waals surface area contributed by atoms with Crippen LogP contribution in [0.15, 0.2) is 44.9 Å². The van der Waals surface area contributed by atoms with E-state index in [-0.39, 0.29) is 11.2 Å². The molecule has 26 heavy (non-hydrogen) atoms. The second kappa shape index (κ2) is 6.40. The molecule has 7 nitrogen and oxygen atoms in total. The van der Waals surface area contributed by atoms with Gasteiger partial charge < -0.3 is 4.57 Å². The van der Waals surface area contributed by atoms with Crippen LogP contribution in [0.1, 0.15) is 24.7 Å². The Morgan fingerprint density at radius 3 is 2.69 bits per heavy atom. The van der Waals surface area contributed by atoms with Crippen LogP contribution in [0.5, 0.6) is 0 Å². The molecule has 0 spiro atoms. The fourth-order valence-electron chi connectivity index (χ4n) is 3.48. The summed E-state index contributed by atoms with van der Waals surface area (Å²) in [4.78, 5) is 34.6. The van der Waals surface area contributed by atoms with Crippen LogP contribution in [0, 0.1) is 0 Å². The van der Waals surface area contributed by atoms with Crippen LogP contribution in [-0.4, -0.2) is 24.4 Å². The van der Waals surface area contributed by atoms with Crippen molar-refractivity contribution in [1.82, 2.24) is 18.7 Å². The molecule has 0 saturated carbocycles. The van der Waals surface area contributed by atoms with Gasteiger partial charge in [-0.3, -0.25) is 18.9 Å². The Morgan fingerprint density at radius 2 is 1.92 bits per heavy atom. The van der Waals surface area contributed by atoms with Crippen molar-refractivity contribution in [3.63, 3.8) is 0 Å². The van der Waals surface area contributed by atoms with Crippen molar-refractivity contribution >= 4 is 16.9 Å². The minimum atomic E-state index is -0.316. The average molecular weight is 351 g/mol. The number of aliphatic imine (C=N–C) groups is 1. The maximum absolute atomic E-state index is 13.0. The first-order chi connectivity index (χ1) is 12.6. The summed E-state index contributed by atoms with van der Waals surface area (Å²) >= 11 is 0. The first-order valence-corrected chi connectivity index (χ1v) is 8.79. The minimum Gasteiger partial charge on any atom is -0.315 e. The third-order valence-electron chi connectivity index (χ3n) is 4.88. The van der Waals surface area contributed by atoms with Gasteiger partial charge in [-0.05, 0) is 25.3 Å². The van der Waals surface area contributed by atoms with Gasteiger partial charge in [0.05, 0.1) is 13.1 Å². The normalized spacial score (nSPS) is 13.7. The van der Waals surface area contributed by atoms with Gasteiger partial charge in [0, 0.05) is 19.3 Å². The number of aromatic nitrogens is 4. The highest BCUT2D eigenvalue weighted by Gasteiger charge is 2.22. The van der Waals surface area contributed by atoms with Crippen LogP contribution in [0.4, 0.5) is 0 Å². The lowest BCUT2D eigenvalue weighted by molar-refractivity contribution is 0.571. The van der Waals surface area contributed by atoms with Crippen molar-refractivity contribution in [2.45, 2.75) is 39.4 Å². The maximum Gasteiger partial charge on any atom is 0.332 e. The summed E-state index contributed by atoms with van der Waals surface area (Å²) in [5, 5.41) is 0. The topological polar surface area (TPSA) is 74.2 Å². The molecule has 0 saturated heterocycles. The molecule has 7 heteroatoms. The van der Waals surface area contributed by atoms with Crippen molar-refractivity contribution in [3.05, 3.63) is 62.6 Å². The number of aryl methyl sites for hydroxylation is 2. The molecule has 0 atom stereocenters. The standard InChI is InChI=1S/C19H21N5O2/c1-13-12-24-15(11-20-13)21-17-16(24)18(25)23(19(26)22(17)2)10-6-9-14-7-4-3-5-8-14/h3-5,7-8H,6,9-12H2,1-2H3. The number of fused-ring (bicyclic) bond motifs is 3. The molecule has 0 radical (unpaired) electrons. The van der Waals surface area contributed by atoms with E-state index in [0.717, 1.165) is 24.4 Å². The van der Waals surface area contributed by atoms with Crippen molar-refractivity contribution in [1.29, 1.82) is 0 Å². The SMILES string of the molecule is CC1=NCc2nc3c(c(=O)n(CCCc4ccccc4)c(=O)n3C)n2C1. The summed E-state index contributed by atoms with van der Waals surface area (Å²) in [6.07, 6.45) is 1.55. The second-order valence-electron chi connectivity index (χ2n) is 6.73. The molecule has 1 aromatic carbocycles. The Balaban J connectivity index is 1.72. The number of rotatable bonds is 4. The zero-order valence-corrected chi connectivity index (χ0v) is 15.0. The van der Waals surface area contributed by atoms with Crippen LogP contribution in [0.2, 0.25) is 0 Å². The lowest BCUT2D eigenvalue weighted by atomic mass is 10.1. The number of benzene rings is 1. The third-order valence-corrected chi connectivity index (χ3v) is 4.88. The fourth-order valence-corrected chi connectivity index (χ4v) is 3.48. The molecule has 134 valence electrons. The molecule has 3 aromatic rings. The minimum absolute atomic E-state index is 0.260. The molecule has 0 N–H and O–H groups in total. The molecule has 0 bridgehead atoms. The molecule has 0 unspecified atom stereocenters. The van der Waals surface area contributed by atoms with Crippen molar-refractivity contribution in [2.24, 2.45) is 12.0 Å². The monoisotopic (exact) mass is 351 g/mol. The Labute approximate surface area is 150 Å². The van der Waals surface area contributed by atoms with E-state index in [9.17, 15) is 9.59 Å². The lowest BCUT2D eigenvalue weighted by Crippen LogP contribution is -2.40. The Morgan fingerprint density at radius 1 is 1.15 bits per heavy atom. The van der Waals surface area contributed by atoms with E-state index in [1.165, 1.54) is 14.7 Å². The summed E-state index contributed by atoms with van der Waals surface area (Å²) in [6.45, 7) is 3.32. The molecule has 1 aliphatic rings. The molecule has 0 aliphatic carbocycles. The van der Waals surface area contributed by atoms with Crippen molar-refractivity contribution < 1.29 is 0 Å². The number of nitrogens with zero attached hydrogens (tertiary/aromatic N) is 5. The highest BCUT2D eigenvalue weighted by atomic mass is 16.2. The Hall–Kier alpha value is -2.96. The summed E-state index contributed by atoms with van der Waals surface area (Å²) in [5.41, 5.74) is 2.52. The van der Waals surface area contributed by atoms with Crippen LogP contribution in [-0.2, 0) is 33.1 Å². The number of imidazole rings is 1. The molecule has 2 aromatic heterocycles. The van der Waals surface area contributed by atoms with Gasteiger partial charge in [-0.1, -0.05) is 30.3 Å². The fraction of sp³-hybridized carbons (Fsp3) is 0.368. The van der Waals surface area contributed by atoms with Crippen LogP contribution in [0.3, 0.4) is 0 Å². The number of hydrogen-bond acceptors (Lipinski definition) is 4. The van der Waals surface area contributed by atoms with Crippen LogP contribution < -0.4 is 11.2 Å². The zero-order valence-electron chi connectivity index (χ0n) is 15.0. The predicted molar refractivity (Wildman–Crippen MR) is 101 cm³/mol. The van der Waals surface area contributed by atoms with Crippen molar-refractivity contribution in [3.8, 4) is 0 Å². The van der Waals surface area contributed by atoms with Gasteiger partial charge in [-0.25, -0.2) is 9.78 Å². The van der Waals surface area contributed by atoms with Gasteiger partial charge in [0.25, 0.3) is 5.56 Å². The summed E-state index contributed by atoms with van der Waals surface area (Å²) in [6, 6.07) is 10.1.